The van der Waals surface area contributed by atoms with Gasteiger partial charge in [-0.15, -0.1) is 0 Å². The Hall–Kier alpha value is -1.26. The number of piperazine rings is 1. The highest BCUT2D eigenvalue weighted by Crippen LogP contribution is 2.28. The van der Waals surface area contributed by atoms with E-state index in [1.54, 1.807) is 7.11 Å². The van der Waals surface area contributed by atoms with E-state index in [1.165, 1.54) is 12.1 Å². The van der Waals surface area contributed by atoms with Crippen LogP contribution in [0.3, 0.4) is 0 Å². The van der Waals surface area contributed by atoms with E-state index < -0.39 is 0 Å². The molecule has 1 unspecified atom stereocenters. The molecule has 1 fully saturated rings. The van der Waals surface area contributed by atoms with E-state index in [4.69, 9.17) is 4.74 Å². The normalized spacial score (nSPS) is 18.1. The molecular formula is C16H27N3O. The summed E-state index contributed by atoms with van der Waals surface area (Å²) < 4.78 is 5.46. The van der Waals surface area contributed by atoms with Crippen molar-refractivity contribution in [2.45, 2.75) is 19.4 Å². The van der Waals surface area contributed by atoms with Gasteiger partial charge in [-0.25, -0.2) is 0 Å². The van der Waals surface area contributed by atoms with E-state index in [9.17, 15) is 0 Å². The zero-order valence-corrected chi connectivity index (χ0v) is 12.9. The molecule has 4 nitrogen and oxygen atoms in total. The molecule has 1 aliphatic heterocycles. The average molecular weight is 277 g/mol. The third kappa shape index (κ3) is 3.64. The molecular weight excluding hydrogens is 250 g/mol. The van der Waals surface area contributed by atoms with Crippen LogP contribution in [0.5, 0.6) is 5.75 Å². The second-order valence-electron chi connectivity index (χ2n) is 5.35. The minimum Gasteiger partial charge on any atom is -0.495 e. The fourth-order valence-corrected chi connectivity index (χ4v) is 2.80. The van der Waals surface area contributed by atoms with E-state index in [0.717, 1.165) is 38.5 Å². The molecule has 0 bridgehead atoms. The topological polar surface area (TPSA) is 27.7 Å². The molecule has 20 heavy (non-hydrogen) atoms. The number of likely N-dealkylation sites (N-methyl/N-ethyl adjacent to an activating group) is 1. The van der Waals surface area contributed by atoms with Crippen molar-refractivity contribution >= 4 is 5.69 Å². The largest absolute Gasteiger partial charge is 0.495 e. The number of nitrogens with zero attached hydrogens (tertiary/aromatic N) is 2. The van der Waals surface area contributed by atoms with Gasteiger partial charge in [0, 0.05) is 38.8 Å². The molecule has 1 atom stereocenters. The average Bonchev–Trinajstić information content (AvgIpc) is 2.53. The lowest BCUT2D eigenvalue weighted by molar-refractivity contribution is 0.230. The van der Waals surface area contributed by atoms with Gasteiger partial charge in [0.05, 0.1) is 12.8 Å². The third-order valence-corrected chi connectivity index (χ3v) is 4.18. The van der Waals surface area contributed by atoms with Gasteiger partial charge in [0.15, 0.2) is 0 Å². The Morgan fingerprint density at radius 2 is 1.90 bits per heavy atom. The minimum absolute atomic E-state index is 0.604. The zero-order valence-electron chi connectivity index (χ0n) is 12.9. The Bertz CT molecular complexity index is 398. The molecule has 112 valence electrons. The maximum Gasteiger partial charge on any atom is 0.142 e. The van der Waals surface area contributed by atoms with Gasteiger partial charge in [0.25, 0.3) is 0 Å². The van der Waals surface area contributed by atoms with Crippen LogP contribution < -0.4 is 15.0 Å². The Labute approximate surface area is 122 Å². The van der Waals surface area contributed by atoms with E-state index in [1.807, 2.05) is 12.1 Å². The molecule has 0 saturated carbocycles. The maximum atomic E-state index is 5.46. The van der Waals surface area contributed by atoms with E-state index in [2.05, 4.69) is 41.2 Å². The first kappa shape index (κ1) is 15.1. The van der Waals surface area contributed by atoms with Crippen LogP contribution in [-0.2, 0) is 0 Å². The van der Waals surface area contributed by atoms with Crippen molar-refractivity contribution < 1.29 is 4.74 Å². The summed E-state index contributed by atoms with van der Waals surface area (Å²) in [5, 5.41) is 3.38. The van der Waals surface area contributed by atoms with Gasteiger partial charge in [-0.2, -0.15) is 0 Å². The fraction of sp³-hybridized carbons (Fsp3) is 0.625. The summed E-state index contributed by atoms with van der Waals surface area (Å²) in [4.78, 5) is 4.98. The molecule has 0 aliphatic carbocycles. The summed E-state index contributed by atoms with van der Waals surface area (Å²) in [7, 11) is 3.80. The van der Waals surface area contributed by atoms with Gasteiger partial charge in [-0.05, 0) is 25.6 Å². The molecule has 0 amide bonds. The minimum atomic E-state index is 0.604. The first-order valence-electron chi connectivity index (χ1n) is 7.56. The number of hydrogen-bond donors (Lipinski definition) is 1. The van der Waals surface area contributed by atoms with Crippen molar-refractivity contribution in [3.8, 4) is 5.75 Å². The Balaban J connectivity index is 1.91. The number of ether oxygens (including phenoxy) is 1. The van der Waals surface area contributed by atoms with Gasteiger partial charge in [-0.1, -0.05) is 19.1 Å². The van der Waals surface area contributed by atoms with Crippen LogP contribution in [0.15, 0.2) is 24.3 Å². The molecule has 1 heterocycles. The lowest BCUT2D eigenvalue weighted by atomic mass is 10.2. The molecule has 1 saturated heterocycles. The van der Waals surface area contributed by atoms with Gasteiger partial charge in [-0.3, -0.25) is 4.90 Å². The van der Waals surface area contributed by atoms with Gasteiger partial charge in [0.2, 0.25) is 0 Å². The van der Waals surface area contributed by atoms with Crippen molar-refractivity contribution in [2.75, 3.05) is 51.8 Å². The Kier molecular flexibility index (Phi) is 5.68. The van der Waals surface area contributed by atoms with Gasteiger partial charge >= 0.3 is 0 Å². The summed E-state index contributed by atoms with van der Waals surface area (Å²) >= 11 is 0. The summed E-state index contributed by atoms with van der Waals surface area (Å²) in [6, 6.07) is 8.90. The number of anilines is 1. The first-order chi connectivity index (χ1) is 9.78. The van der Waals surface area contributed by atoms with Crippen LogP contribution in [-0.4, -0.2) is 57.8 Å². The predicted octanol–water partition coefficient (Wildman–Crippen LogP) is 1.82. The highest BCUT2D eigenvalue weighted by Gasteiger charge is 2.20. The van der Waals surface area contributed by atoms with Crippen LogP contribution in [0.4, 0.5) is 5.69 Å². The molecule has 4 heteroatoms. The number of nitrogens with one attached hydrogen (secondary N) is 1. The van der Waals surface area contributed by atoms with Gasteiger partial charge in [0.1, 0.15) is 5.75 Å². The smallest absolute Gasteiger partial charge is 0.142 e. The van der Waals surface area contributed by atoms with Crippen molar-refractivity contribution in [3.63, 3.8) is 0 Å². The van der Waals surface area contributed by atoms with Crippen molar-refractivity contribution in [3.05, 3.63) is 24.3 Å². The van der Waals surface area contributed by atoms with E-state index >= 15 is 0 Å². The standard InChI is InChI=1S/C16H27N3O/c1-4-14(17-2)13-18-9-11-19(12-10-18)15-7-5-6-8-16(15)20-3/h5-8,14,17H,4,9-13H2,1-3H3. The molecule has 2 rings (SSSR count). The molecule has 1 aliphatic rings. The number of methoxy groups -OCH3 is 1. The number of rotatable bonds is 6. The monoisotopic (exact) mass is 277 g/mol. The molecule has 1 N–H and O–H groups in total. The van der Waals surface area contributed by atoms with E-state index in [0.29, 0.717) is 6.04 Å². The third-order valence-electron chi connectivity index (χ3n) is 4.18. The Morgan fingerprint density at radius 3 is 2.50 bits per heavy atom. The lowest BCUT2D eigenvalue weighted by Crippen LogP contribution is -2.50. The highest BCUT2D eigenvalue weighted by atomic mass is 16.5. The van der Waals surface area contributed by atoms with Crippen molar-refractivity contribution in [1.29, 1.82) is 0 Å². The summed E-state index contributed by atoms with van der Waals surface area (Å²) in [5.41, 5.74) is 1.22. The summed E-state index contributed by atoms with van der Waals surface area (Å²) in [6.45, 7) is 7.77. The number of para-hydroxylation sites is 2. The van der Waals surface area contributed by atoms with Crippen molar-refractivity contribution in [2.24, 2.45) is 0 Å². The second-order valence-corrected chi connectivity index (χ2v) is 5.35. The van der Waals surface area contributed by atoms with Crippen LogP contribution in [0.2, 0.25) is 0 Å². The van der Waals surface area contributed by atoms with E-state index in [-0.39, 0.29) is 0 Å². The predicted molar refractivity (Wildman–Crippen MR) is 84.8 cm³/mol. The van der Waals surface area contributed by atoms with Crippen LogP contribution in [0.25, 0.3) is 0 Å². The van der Waals surface area contributed by atoms with Gasteiger partial charge < -0.3 is 15.0 Å². The van der Waals surface area contributed by atoms with Crippen LogP contribution >= 0.6 is 0 Å². The van der Waals surface area contributed by atoms with Crippen LogP contribution in [0, 0.1) is 0 Å². The fourth-order valence-electron chi connectivity index (χ4n) is 2.80. The van der Waals surface area contributed by atoms with Crippen molar-refractivity contribution in [1.82, 2.24) is 10.2 Å². The maximum absolute atomic E-state index is 5.46. The second kappa shape index (κ2) is 7.50. The number of benzene rings is 1. The van der Waals surface area contributed by atoms with Crippen LogP contribution in [0.1, 0.15) is 13.3 Å². The molecule has 1 aromatic carbocycles. The summed E-state index contributed by atoms with van der Waals surface area (Å²) in [5.74, 6) is 0.975. The lowest BCUT2D eigenvalue weighted by Gasteiger charge is -2.37. The molecule has 0 radical (unpaired) electrons. The zero-order chi connectivity index (χ0) is 14.4. The Morgan fingerprint density at radius 1 is 1.20 bits per heavy atom. The summed E-state index contributed by atoms with van der Waals surface area (Å²) in [6.07, 6.45) is 1.18. The molecule has 1 aromatic rings. The quantitative estimate of drug-likeness (QED) is 0.858. The highest BCUT2D eigenvalue weighted by molar-refractivity contribution is 5.58. The molecule has 0 spiro atoms. The number of hydrogen-bond acceptors (Lipinski definition) is 4. The SMILES string of the molecule is CCC(CN1CCN(c2ccccc2OC)CC1)NC. The molecule has 0 aromatic heterocycles. The first-order valence-corrected chi connectivity index (χ1v) is 7.56.